The summed E-state index contributed by atoms with van der Waals surface area (Å²) in [7, 11) is -3.16. The van der Waals surface area contributed by atoms with Crippen molar-refractivity contribution < 1.29 is 8.42 Å². The summed E-state index contributed by atoms with van der Waals surface area (Å²) in [6.45, 7) is 3.88. The summed E-state index contributed by atoms with van der Waals surface area (Å²) in [5, 5.41) is 0. The van der Waals surface area contributed by atoms with E-state index in [4.69, 9.17) is 5.73 Å². The molecule has 1 aliphatic rings. The zero-order valence-corrected chi connectivity index (χ0v) is 11.5. The number of benzene rings is 1. The molecule has 1 unspecified atom stereocenters. The van der Waals surface area contributed by atoms with Gasteiger partial charge in [0, 0.05) is 19.6 Å². The summed E-state index contributed by atoms with van der Waals surface area (Å²) < 4.78 is 26.0. The fraction of sp³-hybridized carbons (Fsp3) is 0.538. The van der Waals surface area contributed by atoms with Crippen molar-refractivity contribution in [1.29, 1.82) is 0 Å². The lowest BCUT2D eigenvalue weighted by Crippen LogP contribution is -2.29. The number of rotatable bonds is 4. The monoisotopic (exact) mass is 268 g/mol. The Labute approximate surface area is 109 Å². The third kappa shape index (κ3) is 3.10. The van der Waals surface area contributed by atoms with Gasteiger partial charge in [0.1, 0.15) is 0 Å². The van der Waals surface area contributed by atoms with E-state index in [-0.39, 0.29) is 5.75 Å². The zero-order valence-electron chi connectivity index (χ0n) is 10.7. The van der Waals surface area contributed by atoms with Crippen LogP contribution in [0.2, 0.25) is 0 Å². The van der Waals surface area contributed by atoms with Gasteiger partial charge in [-0.2, -0.15) is 0 Å². The molecule has 1 aromatic carbocycles. The molecule has 0 radical (unpaired) electrons. The van der Waals surface area contributed by atoms with Gasteiger partial charge in [0.2, 0.25) is 10.0 Å². The Hall–Kier alpha value is -0.910. The van der Waals surface area contributed by atoms with Crippen molar-refractivity contribution in [3.05, 3.63) is 35.4 Å². The molecule has 0 bridgehead atoms. The number of nitrogens with zero attached hydrogens (tertiary/aromatic N) is 1. The normalized spacial score (nSPS) is 21.3. The Morgan fingerprint density at radius 2 is 1.89 bits per heavy atom. The van der Waals surface area contributed by atoms with E-state index in [9.17, 15) is 8.42 Å². The Bertz CT molecular complexity index is 496. The van der Waals surface area contributed by atoms with Gasteiger partial charge in [0.25, 0.3) is 0 Å². The lowest BCUT2D eigenvalue weighted by molar-refractivity contribution is 0.463. The predicted molar refractivity (Wildman–Crippen MR) is 72.3 cm³/mol. The number of hydrogen-bond donors (Lipinski definition) is 1. The van der Waals surface area contributed by atoms with E-state index in [0.29, 0.717) is 25.6 Å². The quantitative estimate of drug-likeness (QED) is 0.895. The third-order valence-corrected chi connectivity index (χ3v) is 5.20. The van der Waals surface area contributed by atoms with E-state index in [0.717, 1.165) is 17.5 Å². The molecule has 0 aliphatic carbocycles. The molecule has 1 atom stereocenters. The van der Waals surface area contributed by atoms with Gasteiger partial charge in [-0.15, -0.1) is 0 Å². The summed E-state index contributed by atoms with van der Waals surface area (Å²) in [4.78, 5) is 0. The molecular formula is C13H20N2O2S. The molecule has 2 rings (SSSR count). The van der Waals surface area contributed by atoms with E-state index in [1.165, 1.54) is 0 Å². The zero-order chi connectivity index (χ0) is 13.2. The molecule has 0 aromatic heterocycles. The minimum absolute atomic E-state index is 0.0879. The van der Waals surface area contributed by atoms with Gasteiger partial charge in [-0.05, 0) is 23.5 Å². The van der Waals surface area contributed by atoms with Gasteiger partial charge in [0.05, 0.1) is 5.75 Å². The van der Waals surface area contributed by atoms with E-state index in [1.54, 1.807) is 4.31 Å². The van der Waals surface area contributed by atoms with Crippen molar-refractivity contribution in [2.75, 3.05) is 13.1 Å². The van der Waals surface area contributed by atoms with Gasteiger partial charge in [-0.3, -0.25) is 0 Å². The molecule has 0 spiro atoms. The van der Waals surface area contributed by atoms with Crippen LogP contribution in [0.3, 0.4) is 0 Å². The topological polar surface area (TPSA) is 63.4 Å². The molecule has 1 heterocycles. The lowest BCUT2D eigenvalue weighted by Gasteiger charge is -2.16. The van der Waals surface area contributed by atoms with Gasteiger partial charge in [-0.25, -0.2) is 12.7 Å². The molecule has 1 aliphatic heterocycles. The van der Waals surface area contributed by atoms with Crippen LogP contribution in [0.5, 0.6) is 0 Å². The van der Waals surface area contributed by atoms with Gasteiger partial charge in [-0.1, -0.05) is 31.2 Å². The summed E-state index contributed by atoms with van der Waals surface area (Å²) in [6.07, 6.45) is 0.964. The van der Waals surface area contributed by atoms with Crippen molar-refractivity contribution in [1.82, 2.24) is 4.31 Å². The van der Waals surface area contributed by atoms with Crippen LogP contribution in [0.15, 0.2) is 24.3 Å². The van der Waals surface area contributed by atoms with Crippen LogP contribution in [0.25, 0.3) is 0 Å². The SMILES string of the molecule is CC1CCN(S(=O)(=O)Cc2ccc(CN)cc2)C1. The van der Waals surface area contributed by atoms with Crippen molar-refractivity contribution >= 4 is 10.0 Å². The number of nitrogens with two attached hydrogens (primary N) is 1. The van der Waals surface area contributed by atoms with E-state index in [1.807, 2.05) is 24.3 Å². The first-order valence-electron chi connectivity index (χ1n) is 6.27. The molecule has 4 nitrogen and oxygen atoms in total. The average Bonchev–Trinajstić information content (AvgIpc) is 2.77. The van der Waals surface area contributed by atoms with Crippen LogP contribution in [0.4, 0.5) is 0 Å². The van der Waals surface area contributed by atoms with E-state index >= 15 is 0 Å². The predicted octanol–water partition coefficient (Wildman–Crippen LogP) is 1.32. The first-order valence-corrected chi connectivity index (χ1v) is 7.88. The highest BCUT2D eigenvalue weighted by Crippen LogP contribution is 2.21. The largest absolute Gasteiger partial charge is 0.326 e. The van der Waals surface area contributed by atoms with Crippen LogP contribution in [0, 0.1) is 5.92 Å². The maximum atomic E-state index is 12.2. The maximum absolute atomic E-state index is 12.2. The van der Waals surface area contributed by atoms with Crippen LogP contribution in [-0.4, -0.2) is 25.8 Å². The van der Waals surface area contributed by atoms with Crippen LogP contribution in [0.1, 0.15) is 24.5 Å². The fourth-order valence-corrected chi connectivity index (χ4v) is 3.88. The van der Waals surface area contributed by atoms with Crippen LogP contribution in [-0.2, 0) is 22.3 Å². The van der Waals surface area contributed by atoms with Gasteiger partial charge in [0.15, 0.2) is 0 Å². The van der Waals surface area contributed by atoms with E-state index < -0.39 is 10.0 Å². The second-order valence-electron chi connectivity index (χ2n) is 5.03. The highest BCUT2D eigenvalue weighted by Gasteiger charge is 2.29. The molecule has 1 aromatic rings. The maximum Gasteiger partial charge on any atom is 0.218 e. The first kappa shape index (κ1) is 13.5. The van der Waals surface area contributed by atoms with Crippen molar-refractivity contribution in [3.8, 4) is 0 Å². The first-order chi connectivity index (χ1) is 8.51. The van der Waals surface area contributed by atoms with Crippen LogP contribution < -0.4 is 5.73 Å². The minimum atomic E-state index is -3.16. The number of sulfonamides is 1. The Kier molecular flexibility index (Phi) is 4.04. The summed E-state index contributed by atoms with van der Waals surface area (Å²) in [5.41, 5.74) is 7.36. The smallest absolute Gasteiger partial charge is 0.218 e. The number of hydrogen-bond acceptors (Lipinski definition) is 3. The molecule has 1 fully saturated rings. The molecule has 0 amide bonds. The highest BCUT2D eigenvalue weighted by molar-refractivity contribution is 7.88. The minimum Gasteiger partial charge on any atom is -0.326 e. The molecule has 1 saturated heterocycles. The highest BCUT2D eigenvalue weighted by atomic mass is 32.2. The molecule has 18 heavy (non-hydrogen) atoms. The molecule has 100 valence electrons. The fourth-order valence-electron chi connectivity index (χ4n) is 2.22. The van der Waals surface area contributed by atoms with Crippen molar-refractivity contribution in [3.63, 3.8) is 0 Å². The molecule has 5 heteroatoms. The Morgan fingerprint density at radius 3 is 2.39 bits per heavy atom. The van der Waals surface area contributed by atoms with Crippen LogP contribution >= 0.6 is 0 Å². The van der Waals surface area contributed by atoms with Crippen molar-refractivity contribution in [2.45, 2.75) is 25.6 Å². The Morgan fingerprint density at radius 1 is 1.28 bits per heavy atom. The average molecular weight is 268 g/mol. The second kappa shape index (κ2) is 5.38. The summed E-state index contributed by atoms with van der Waals surface area (Å²) >= 11 is 0. The molecule has 0 saturated carbocycles. The second-order valence-corrected chi connectivity index (χ2v) is 7.00. The van der Waals surface area contributed by atoms with E-state index in [2.05, 4.69) is 6.92 Å². The van der Waals surface area contributed by atoms with Gasteiger partial charge >= 0.3 is 0 Å². The standard InChI is InChI=1S/C13H20N2O2S/c1-11-6-7-15(9-11)18(16,17)10-13-4-2-12(8-14)3-5-13/h2-5,11H,6-10,14H2,1H3. The third-order valence-electron chi connectivity index (χ3n) is 3.39. The molecular weight excluding hydrogens is 248 g/mol. The van der Waals surface area contributed by atoms with Gasteiger partial charge < -0.3 is 5.73 Å². The Balaban J connectivity index is 2.07. The van der Waals surface area contributed by atoms with Crippen molar-refractivity contribution in [2.24, 2.45) is 11.7 Å². The molecule has 2 N–H and O–H groups in total. The lowest BCUT2D eigenvalue weighted by atomic mass is 10.1. The summed E-state index contributed by atoms with van der Waals surface area (Å²) in [6, 6.07) is 7.47. The summed E-state index contributed by atoms with van der Waals surface area (Å²) in [5.74, 6) is 0.560.